The number of pyridine rings is 1. The van der Waals surface area contributed by atoms with Crippen LogP contribution in [-0.4, -0.2) is 45.5 Å². The zero-order valence-corrected chi connectivity index (χ0v) is 18.1. The molecule has 1 aromatic carbocycles. The van der Waals surface area contributed by atoms with E-state index in [4.69, 9.17) is 10.00 Å². The summed E-state index contributed by atoms with van der Waals surface area (Å²) in [5.74, 6) is 0.502. The molecule has 2 aromatic heterocycles. The molecular formula is C24H25N5O3. The molecule has 0 unspecified atom stereocenters. The van der Waals surface area contributed by atoms with E-state index in [9.17, 15) is 9.90 Å². The van der Waals surface area contributed by atoms with Crippen LogP contribution in [0.25, 0.3) is 16.9 Å². The highest BCUT2D eigenvalue weighted by Crippen LogP contribution is 2.33. The fourth-order valence-corrected chi connectivity index (χ4v) is 4.27. The molecule has 0 radical (unpaired) electrons. The number of aromatic hydroxyl groups is 1. The Morgan fingerprint density at radius 3 is 2.81 bits per heavy atom. The maximum Gasteiger partial charge on any atom is 0.253 e. The van der Waals surface area contributed by atoms with Gasteiger partial charge in [-0.25, -0.2) is 4.98 Å². The Labute approximate surface area is 186 Å². The fourth-order valence-electron chi connectivity index (χ4n) is 4.27. The largest absolute Gasteiger partial charge is 0.493 e. The van der Waals surface area contributed by atoms with Gasteiger partial charge in [0.15, 0.2) is 5.82 Å². The number of ether oxygens (including phenoxy) is 1. The minimum Gasteiger partial charge on any atom is -0.493 e. The van der Waals surface area contributed by atoms with Crippen molar-refractivity contribution in [3.8, 4) is 28.9 Å². The third-order valence-corrected chi connectivity index (χ3v) is 5.97. The van der Waals surface area contributed by atoms with E-state index in [2.05, 4.69) is 21.5 Å². The van der Waals surface area contributed by atoms with Crippen molar-refractivity contribution in [3.63, 3.8) is 0 Å². The highest BCUT2D eigenvalue weighted by molar-refractivity contribution is 5.94. The smallest absolute Gasteiger partial charge is 0.253 e. The number of nitriles is 1. The Hall–Kier alpha value is -3.70. The quantitative estimate of drug-likeness (QED) is 0.619. The van der Waals surface area contributed by atoms with Crippen LogP contribution in [0.5, 0.6) is 5.88 Å². The van der Waals surface area contributed by atoms with Crippen molar-refractivity contribution < 1.29 is 14.6 Å². The first-order valence-electron chi connectivity index (χ1n) is 10.6. The molecule has 0 aliphatic heterocycles. The van der Waals surface area contributed by atoms with Gasteiger partial charge in [-0.1, -0.05) is 12.5 Å². The Morgan fingerprint density at radius 1 is 1.28 bits per heavy atom. The predicted octanol–water partition coefficient (Wildman–Crippen LogP) is 3.36. The predicted molar refractivity (Wildman–Crippen MR) is 118 cm³/mol. The molecule has 0 bridgehead atoms. The van der Waals surface area contributed by atoms with E-state index in [1.807, 2.05) is 6.92 Å². The third kappa shape index (κ3) is 4.20. The summed E-state index contributed by atoms with van der Waals surface area (Å²) >= 11 is 0. The van der Waals surface area contributed by atoms with Crippen molar-refractivity contribution in [2.75, 3.05) is 13.7 Å². The molecule has 1 aliphatic rings. The van der Waals surface area contributed by atoms with E-state index < -0.39 is 0 Å². The molecule has 8 heteroatoms. The first-order valence-corrected chi connectivity index (χ1v) is 10.6. The number of methoxy groups -OCH3 is 1. The van der Waals surface area contributed by atoms with Gasteiger partial charge >= 0.3 is 0 Å². The fraction of sp³-hybridized carbons (Fsp3) is 0.333. The highest BCUT2D eigenvalue weighted by Gasteiger charge is 2.28. The Kier molecular flexibility index (Phi) is 6.19. The molecule has 8 nitrogen and oxygen atoms in total. The molecular weight excluding hydrogens is 406 g/mol. The first kappa shape index (κ1) is 21.5. The molecule has 3 aromatic rings. The third-order valence-electron chi connectivity index (χ3n) is 5.97. The number of amides is 1. The normalized spacial score (nSPS) is 17.8. The molecule has 0 spiro atoms. The Bertz CT molecular complexity index is 1160. The Balaban J connectivity index is 1.51. The van der Waals surface area contributed by atoms with E-state index in [0.29, 0.717) is 35.0 Å². The van der Waals surface area contributed by atoms with Gasteiger partial charge in [0.05, 0.1) is 35.6 Å². The van der Waals surface area contributed by atoms with Gasteiger partial charge in [-0.3, -0.25) is 4.79 Å². The van der Waals surface area contributed by atoms with Gasteiger partial charge in [0.1, 0.15) is 0 Å². The molecule has 2 atom stereocenters. The summed E-state index contributed by atoms with van der Waals surface area (Å²) in [4.78, 5) is 17.0. The summed E-state index contributed by atoms with van der Waals surface area (Å²) in [5, 5.41) is 27.1. The lowest BCUT2D eigenvalue weighted by molar-refractivity contribution is 0.0898. The van der Waals surface area contributed by atoms with Crippen LogP contribution in [0.1, 0.15) is 40.7 Å². The number of aromatic nitrogens is 3. The number of nitrogens with zero attached hydrogens (tertiary/aromatic N) is 4. The standard InChI is InChI=1S/C24H25N5O3/c1-15-10-16(11-25)6-8-19(15)20-13-27-29(24(20)31)22-9-7-17(12-26-22)23(30)28-21-5-3-4-18(21)14-32-2/h6-10,12-13,18,21,31H,3-5,14H2,1-2H3,(H,28,30)/t18-,21-/m1/s1. The average molecular weight is 431 g/mol. The van der Waals surface area contributed by atoms with Gasteiger partial charge in [0.2, 0.25) is 5.88 Å². The summed E-state index contributed by atoms with van der Waals surface area (Å²) in [6, 6.07) is 10.8. The molecule has 0 saturated heterocycles. The molecule has 4 rings (SSSR count). The molecule has 2 heterocycles. The monoisotopic (exact) mass is 431 g/mol. The minimum absolute atomic E-state index is 0.0594. The van der Waals surface area contributed by atoms with E-state index >= 15 is 0 Å². The van der Waals surface area contributed by atoms with Crippen molar-refractivity contribution in [1.82, 2.24) is 20.1 Å². The van der Waals surface area contributed by atoms with Gasteiger partial charge in [-0.05, 0) is 55.2 Å². The summed E-state index contributed by atoms with van der Waals surface area (Å²) in [5.41, 5.74) is 3.19. The van der Waals surface area contributed by atoms with Gasteiger partial charge in [0, 0.05) is 25.3 Å². The number of carbonyl (C=O) groups is 1. The molecule has 32 heavy (non-hydrogen) atoms. The summed E-state index contributed by atoms with van der Waals surface area (Å²) < 4.78 is 6.58. The molecule has 2 N–H and O–H groups in total. The van der Waals surface area contributed by atoms with Crippen LogP contribution in [0.3, 0.4) is 0 Å². The maximum atomic E-state index is 12.7. The van der Waals surface area contributed by atoms with Gasteiger partial charge in [0.25, 0.3) is 5.91 Å². The van der Waals surface area contributed by atoms with Crippen molar-refractivity contribution in [2.24, 2.45) is 5.92 Å². The number of benzene rings is 1. The van der Waals surface area contributed by atoms with Crippen LogP contribution in [0, 0.1) is 24.2 Å². The van der Waals surface area contributed by atoms with Crippen molar-refractivity contribution in [2.45, 2.75) is 32.2 Å². The summed E-state index contributed by atoms with van der Waals surface area (Å²) in [6.07, 6.45) is 6.12. The summed E-state index contributed by atoms with van der Waals surface area (Å²) in [7, 11) is 1.68. The molecule has 1 saturated carbocycles. The highest BCUT2D eigenvalue weighted by atomic mass is 16.5. The number of rotatable bonds is 6. The molecule has 164 valence electrons. The van der Waals surface area contributed by atoms with E-state index in [-0.39, 0.29) is 17.8 Å². The van der Waals surface area contributed by atoms with E-state index in [1.54, 1.807) is 43.6 Å². The first-order chi connectivity index (χ1) is 15.5. The molecule has 1 amide bonds. The topological polar surface area (TPSA) is 113 Å². The maximum absolute atomic E-state index is 12.7. The second-order valence-electron chi connectivity index (χ2n) is 8.07. The van der Waals surface area contributed by atoms with Crippen LogP contribution in [-0.2, 0) is 4.74 Å². The minimum atomic E-state index is -0.171. The van der Waals surface area contributed by atoms with Gasteiger partial charge in [-0.15, -0.1) is 0 Å². The Morgan fingerprint density at radius 2 is 2.12 bits per heavy atom. The van der Waals surface area contributed by atoms with Crippen LogP contribution < -0.4 is 5.32 Å². The number of aryl methyl sites for hydroxylation is 1. The van der Waals surface area contributed by atoms with Crippen molar-refractivity contribution >= 4 is 5.91 Å². The second-order valence-corrected chi connectivity index (χ2v) is 8.07. The lowest BCUT2D eigenvalue weighted by atomic mass is 10.0. The zero-order valence-electron chi connectivity index (χ0n) is 18.1. The second kappa shape index (κ2) is 9.20. The van der Waals surface area contributed by atoms with Crippen LogP contribution in [0.2, 0.25) is 0 Å². The molecule has 1 fully saturated rings. The van der Waals surface area contributed by atoms with Gasteiger partial charge < -0.3 is 15.2 Å². The van der Waals surface area contributed by atoms with Crippen LogP contribution in [0.4, 0.5) is 0 Å². The SMILES string of the molecule is COC[C@H]1CCC[C@H]1NC(=O)c1ccc(-n2ncc(-c3ccc(C#N)cc3C)c2O)nc1. The van der Waals surface area contributed by atoms with Crippen LogP contribution in [0.15, 0.2) is 42.7 Å². The number of hydrogen-bond donors (Lipinski definition) is 2. The van der Waals surface area contributed by atoms with Gasteiger partial charge in [-0.2, -0.15) is 15.0 Å². The summed E-state index contributed by atoms with van der Waals surface area (Å²) in [6.45, 7) is 2.52. The average Bonchev–Trinajstić information content (AvgIpc) is 3.40. The van der Waals surface area contributed by atoms with Crippen LogP contribution >= 0.6 is 0 Å². The number of carbonyl (C=O) groups excluding carboxylic acids is 1. The van der Waals surface area contributed by atoms with Crippen molar-refractivity contribution in [3.05, 3.63) is 59.4 Å². The van der Waals surface area contributed by atoms with E-state index in [0.717, 1.165) is 30.4 Å². The lowest BCUT2D eigenvalue weighted by Crippen LogP contribution is -2.38. The molecule has 1 aliphatic carbocycles. The number of nitrogens with one attached hydrogen (secondary N) is 1. The van der Waals surface area contributed by atoms with E-state index in [1.165, 1.54) is 10.9 Å². The van der Waals surface area contributed by atoms with Crippen molar-refractivity contribution in [1.29, 1.82) is 5.26 Å². The number of hydrogen-bond acceptors (Lipinski definition) is 6. The zero-order chi connectivity index (χ0) is 22.7. The lowest BCUT2D eigenvalue weighted by Gasteiger charge is -2.20.